The van der Waals surface area contributed by atoms with Crippen LogP contribution in [-0.4, -0.2) is 222 Å². The number of amides is 5. The fraction of sp³-hybridized carbons (Fsp3) is 0.577. The lowest BCUT2D eigenvalue weighted by Crippen LogP contribution is -2.68. The van der Waals surface area contributed by atoms with Crippen LogP contribution in [0.5, 0.6) is 0 Å². The maximum absolute atomic E-state index is 13.7. The molecule has 4 aromatic rings. The van der Waals surface area contributed by atoms with Gasteiger partial charge in [0.05, 0.1) is 36.1 Å². The van der Waals surface area contributed by atoms with Crippen molar-refractivity contribution in [2.45, 2.75) is 174 Å². The number of aliphatic hydroxyl groups excluding tert-OH is 6. The summed E-state index contributed by atoms with van der Waals surface area (Å²) in [5.74, 6) is -3.30. The van der Waals surface area contributed by atoms with Gasteiger partial charge in [-0.3, -0.25) is 29.3 Å². The standard InChI is InChI=1S/C52H75N15O17S/c1-20-6-8-22(9-7-20)47(77)64-52-63-29(19-85-52)23-4-3-5-24(12-23)61-33(68)10-11-34(69)62-28(48(78)60-21(2)46(59)76)13-25-17-67(66-65-25)18-32-44(83-50-36(58)41(74)39(72)31(16-54)80-50)42(75)51(81-32)84-45-37(70)26(55)14-27(56)43(45)82-49-35(57)40(73)38(71)30(15-53)79-49/h3-9,12,17,19,21,26-28,30-32,35-45,49-51,70-75H,10-11,13-16,18,53-58H2,1-2H3,(H2,59,76)(H,60,78)(H,61,68)(H,62,69)(H,63,64,77)/t21-,26+,27-,28-,30+,31-,32+,35+,36+,37-,38+,39+,40+,41+,42+,43+,44+,45+,49+,50+,51-/m0/s1. The molecule has 4 aliphatic rings. The number of ether oxygens (including phenoxy) is 6. The Balaban J connectivity index is 0.940. The van der Waals surface area contributed by atoms with Gasteiger partial charge in [-0.1, -0.05) is 35.0 Å². The lowest BCUT2D eigenvalue weighted by Gasteiger charge is -2.47. The van der Waals surface area contributed by atoms with Crippen molar-refractivity contribution in [3.8, 4) is 11.3 Å². The Morgan fingerprint density at radius 2 is 1.34 bits per heavy atom. The van der Waals surface area contributed by atoms with Gasteiger partial charge >= 0.3 is 0 Å². The van der Waals surface area contributed by atoms with Gasteiger partial charge in [0.25, 0.3) is 5.91 Å². The predicted octanol–water partition coefficient (Wildman–Crippen LogP) is -6.48. The lowest BCUT2D eigenvalue weighted by atomic mass is 9.84. The summed E-state index contributed by atoms with van der Waals surface area (Å²) in [5, 5.41) is 87.1. The smallest absolute Gasteiger partial charge is 0.257 e. The number of primary amides is 1. The number of thiazole rings is 1. The van der Waals surface area contributed by atoms with Crippen LogP contribution in [0.25, 0.3) is 11.3 Å². The molecule has 21 atom stereocenters. The van der Waals surface area contributed by atoms with Crippen molar-refractivity contribution >= 4 is 51.7 Å². The van der Waals surface area contributed by atoms with E-state index in [0.717, 1.165) is 5.56 Å². The highest BCUT2D eigenvalue weighted by Crippen LogP contribution is 2.35. The number of nitrogens with one attached hydrogen (secondary N) is 4. The third-order valence-electron chi connectivity index (χ3n) is 15.1. The fourth-order valence-corrected chi connectivity index (χ4v) is 10.8. The van der Waals surface area contributed by atoms with E-state index in [-0.39, 0.29) is 50.5 Å². The third kappa shape index (κ3) is 15.7. The zero-order valence-corrected chi connectivity index (χ0v) is 47.1. The van der Waals surface area contributed by atoms with E-state index in [1.54, 1.807) is 41.8 Å². The zero-order valence-electron chi connectivity index (χ0n) is 46.3. The summed E-state index contributed by atoms with van der Waals surface area (Å²) < 4.78 is 37.8. The van der Waals surface area contributed by atoms with Crippen LogP contribution in [0.2, 0.25) is 0 Å². The number of nitrogens with two attached hydrogens (primary N) is 7. The molecule has 33 heteroatoms. The highest BCUT2D eigenvalue weighted by Gasteiger charge is 2.55. The van der Waals surface area contributed by atoms with E-state index in [9.17, 15) is 54.6 Å². The second-order valence-electron chi connectivity index (χ2n) is 21.4. The Morgan fingerprint density at radius 1 is 0.729 bits per heavy atom. The quantitative estimate of drug-likeness (QED) is 0.0328. The van der Waals surface area contributed by atoms with Crippen molar-refractivity contribution in [3.63, 3.8) is 0 Å². The van der Waals surface area contributed by atoms with Gasteiger partial charge in [0.15, 0.2) is 24.0 Å². The Morgan fingerprint density at radius 3 is 1.98 bits per heavy atom. The van der Waals surface area contributed by atoms with Crippen LogP contribution in [0, 0.1) is 6.92 Å². The van der Waals surface area contributed by atoms with Crippen LogP contribution in [-0.2, 0) is 60.6 Å². The second-order valence-corrected chi connectivity index (χ2v) is 22.3. The summed E-state index contributed by atoms with van der Waals surface area (Å²) >= 11 is 1.22. The van der Waals surface area contributed by atoms with E-state index in [1.807, 2.05) is 19.1 Å². The molecule has 2 aromatic heterocycles. The van der Waals surface area contributed by atoms with Crippen molar-refractivity contribution in [3.05, 3.63) is 76.9 Å². The summed E-state index contributed by atoms with van der Waals surface area (Å²) in [6, 6.07) is 6.57. The molecule has 32 nitrogen and oxygen atoms in total. The molecular formula is C52H75N15O17S. The second kappa shape index (κ2) is 28.6. The first-order valence-electron chi connectivity index (χ1n) is 27.4. The molecule has 5 heterocycles. The highest BCUT2D eigenvalue weighted by atomic mass is 32.1. The number of rotatable bonds is 23. The average molecular weight is 1210 g/mol. The maximum Gasteiger partial charge on any atom is 0.257 e. The van der Waals surface area contributed by atoms with E-state index in [0.29, 0.717) is 27.6 Å². The Labute approximate surface area is 490 Å². The number of carbonyl (C=O) groups is 5. The van der Waals surface area contributed by atoms with Crippen LogP contribution in [0.3, 0.4) is 0 Å². The monoisotopic (exact) mass is 1210 g/mol. The summed E-state index contributed by atoms with van der Waals surface area (Å²) in [5.41, 5.74) is 45.5. The highest BCUT2D eigenvalue weighted by molar-refractivity contribution is 7.14. The fourth-order valence-electron chi connectivity index (χ4n) is 10.1. The first-order chi connectivity index (χ1) is 40.4. The summed E-state index contributed by atoms with van der Waals surface area (Å²) in [7, 11) is 0. The summed E-state index contributed by atoms with van der Waals surface area (Å²) in [4.78, 5) is 69.7. The van der Waals surface area contributed by atoms with Crippen LogP contribution in [0.4, 0.5) is 10.8 Å². The molecule has 2 aromatic carbocycles. The van der Waals surface area contributed by atoms with E-state index >= 15 is 0 Å². The molecular weight excluding hydrogens is 1140 g/mol. The first kappa shape index (κ1) is 64.8. The SMILES string of the molecule is Cc1ccc(C(=O)Nc2nc(-c3cccc(NC(=O)CCC(=O)N[C@@H](Cc4cn(C[C@H]5O[C@@H](O[C@@H]6[C@@H](O)[C@H](N)C[C@H](N)[C@H]6O[C@H]6O[C@H](CN)[C@@H](O)[C@H](O)[C@H]6N)[C@H](O)[C@@H]5O[C@H]5O[C@@H](CN)[C@@H](O)[C@H](O)[C@H]5N)nn4)C(=O)N[C@@H](C)C(N)=O)c3)cs2)cc1. The number of anilines is 2. The molecule has 5 amide bonds. The Kier molecular flexibility index (Phi) is 21.8. The molecule has 0 unspecified atom stereocenters. The molecule has 466 valence electrons. The molecule has 0 spiro atoms. The van der Waals surface area contributed by atoms with Crippen molar-refractivity contribution < 1.29 is 83.0 Å². The minimum atomic E-state index is -1.79. The Hall–Kier alpha value is -6.16. The molecule has 24 N–H and O–H groups in total. The number of hydrogen-bond acceptors (Lipinski definition) is 27. The number of aryl methyl sites for hydroxylation is 1. The van der Waals surface area contributed by atoms with Gasteiger partial charge in [0.1, 0.15) is 79.2 Å². The molecule has 1 aliphatic carbocycles. The minimum absolute atomic E-state index is 0.00885. The number of hydrogen-bond donors (Lipinski definition) is 17. The first-order valence-corrected chi connectivity index (χ1v) is 28.3. The van der Waals surface area contributed by atoms with Gasteiger partial charge in [-0.2, -0.15) is 0 Å². The molecule has 8 rings (SSSR count). The number of aromatic nitrogens is 4. The van der Waals surface area contributed by atoms with Crippen molar-refractivity contribution in [2.75, 3.05) is 23.7 Å². The third-order valence-corrected chi connectivity index (χ3v) is 15.8. The molecule has 4 fully saturated rings. The normalized spacial score (nSPS) is 32.9. The van der Waals surface area contributed by atoms with Crippen molar-refractivity contribution in [1.82, 2.24) is 30.6 Å². The summed E-state index contributed by atoms with van der Waals surface area (Å²) in [6.07, 6.45) is -21.7. The van der Waals surface area contributed by atoms with Crippen molar-refractivity contribution in [1.29, 1.82) is 0 Å². The lowest BCUT2D eigenvalue weighted by molar-refractivity contribution is -0.306. The molecule has 0 radical (unpaired) electrons. The molecule has 0 bridgehead atoms. The van der Waals surface area contributed by atoms with Crippen LogP contribution < -0.4 is 61.4 Å². The van der Waals surface area contributed by atoms with Gasteiger partial charge < -0.3 is 115 Å². The maximum atomic E-state index is 13.7. The average Bonchev–Trinajstić information content (AvgIpc) is 2.45. The van der Waals surface area contributed by atoms with E-state index in [2.05, 4.69) is 36.6 Å². The van der Waals surface area contributed by atoms with Crippen molar-refractivity contribution in [2.24, 2.45) is 40.1 Å². The zero-order chi connectivity index (χ0) is 61.6. The number of benzene rings is 2. The van der Waals surface area contributed by atoms with Gasteiger partial charge in [-0.25, -0.2) is 9.67 Å². The number of nitrogens with zero attached hydrogens (tertiary/aromatic N) is 4. The van der Waals surface area contributed by atoms with E-state index in [4.69, 9.17) is 68.6 Å². The van der Waals surface area contributed by atoms with Crippen LogP contribution >= 0.6 is 11.3 Å². The molecule has 85 heavy (non-hydrogen) atoms. The van der Waals surface area contributed by atoms with Gasteiger partial charge in [0, 0.05) is 72.8 Å². The summed E-state index contributed by atoms with van der Waals surface area (Å²) in [6.45, 7) is 2.43. The van der Waals surface area contributed by atoms with E-state index < -0.39 is 158 Å². The molecule has 3 saturated heterocycles. The van der Waals surface area contributed by atoms with Gasteiger partial charge in [0.2, 0.25) is 23.6 Å². The van der Waals surface area contributed by atoms with Crippen LogP contribution in [0.15, 0.2) is 60.1 Å². The number of aliphatic hydroxyl groups is 6. The Bertz CT molecular complexity index is 2930. The number of carbonyl (C=O) groups excluding carboxylic acids is 5. The topological polar surface area (TPSA) is 536 Å². The largest absolute Gasteiger partial charge is 0.389 e. The van der Waals surface area contributed by atoms with Gasteiger partial charge in [-0.05, 0) is 44.5 Å². The molecule has 1 saturated carbocycles. The van der Waals surface area contributed by atoms with Gasteiger partial charge in [-0.15, -0.1) is 16.4 Å². The van der Waals surface area contributed by atoms with E-state index in [1.165, 1.54) is 29.1 Å². The predicted molar refractivity (Wildman–Crippen MR) is 298 cm³/mol. The minimum Gasteiger partial charge on any atom is -0.389 e. The molecule has 3 aliphatic heterocycles. The van der Waals surface area contributed by atoms with Crippen LogP contribution in [0.1, 0.15) is 47.8 Å².